The first-order valence-electron chi connectivity index (χ1n) is 6.02. The maximum Gasteiger partial charge on any atom is 0.303 e. The molecule has 0 radical (unpaired) electrons. The quantitative estimate of drug-likeness (QED) is 0.935. The summed E-state index contributed by atoms with van der Waals surface area (Å²) >= 11 is 6.16. The average molecular weight is 279 g/mol. The van der Waals surface area contributed by atoms with Gasteiger partial charge in [-0.2, -0.15) is 5.10 Å². The molecule has 0 aliphatic carbocycles. The molecule has 1 aromatic heterocycles. The summed E-state index contributed by atoms with van der Waals surface area (Å²) in [4.78, 5) is 10.7. The molecule has 0 spiro atoms. The number of aromatic nitrogens is 2. The first kappa shape index (κ1) is 13.6. The smallest absolute Gasteiger partial charge is 0.303 e. The number of aliphatic carboxylic acids is 1. The lowest BCUT2D eigenvalue weighted by Crippen LogP contribution is -2.02. The van der Waals surface area contributed by atoms with Gasteiger partial charge in [0, 0.05) is 12.1 Å². The number of hydrogen-bond acceptors (Lipinski definition) is 2. The lowest BCUT2D eigenvalue weighted by Gasteiger charge is -2.07. The van der Waals surface area contributed by atoms with Crippen LogP contribution in [0.1, 0.15) is 23.4 Å². The highest BCUT2D eigenvalue weighted by atomic mass is 35.5. The van der Waals surface area contributed by atoms with Gasteiger partial charge in [0.1, 0.15) is 0 Å². The van der Waals surface area contributed by atoms with Crippen molar-refractivity contribution >= 4 is 17.6 Å². The molecule has 0 aliphatic heterocycles. The third kappa shape index (κ3) is 2.79. The molecule has 5 heteroatoms. The molecule has 19 heavy (non-hydrogen) atoms. The van der Waals surface area contributed by atoms with Crippen LogP contribution in [0.4, 0.5) is 0 Å². The van der Waals surface area contributed by atoms with Crippen LogP contribution in [0, 0.1) is 13.8 Å². The van der Waals surface area contributed by atoms with Crippen LogP contribution in [0.3, 0.4) is 0 Å². The molecule has 0 unspecified atom stereocenters. The number of hydrogen-bond donors (Lipinski definition) is 1. The Bertz CT molecular complexity index is 620. The van der Waals surface area contributed by atoms with Crippen molar-refractivity contribution in [3.63, 3.8) is 0 Å². The van der Waals surface area contributed by atoms with Gasteiger partial charge in [0.25, 0.3) is 0 Å². The van der Waals surface area contributed by atoms with Crippen molar-refractivity contribution in [2.45, 2.75) is 26.7 Å². The largest absolute Gasteiger partial charge is 0.481 e. The summed E-state index contributed by atoms with van der Waals surface area (Å²) < 4.78 is 1.77. The molecule has 0 fully saturated rings. The SMILES string of the molecule is Cc1nn(-c2ccccc2Cl)c(C)c1CCC(=O)O. The summed E-state index contributed by atoms with van der Waals surface area (Å²) in [6.07, 6.45) is 0.591. The van der Waals surface area contributed by atoms with Crippen molar-refractivity contribution in [2.75, 3.05) is 0 Å². The Kier molecular flexibility index (Phi) is 3.90. The van der Waals surface area contributed by atoms with E-state index in [0.29, 0.717) is 11.4 Å². The minimum atomic E-state index is -0.802. The first-order valence-corrected chi connectivity index (χ1v) is 6.40. The monoisotopic (exact) mass is 278 g/mol. The number of aryl methyl sites for hydroxylation is 1. The van der Waals surface area contributed by atoms with Crippen LogP contribution in [-0.2, 0) is 11.2 Å². The van der Waals surface area contributed by atoms with E-state index in [1.54, 1.807) is 4.68 Å². The Labute approximate surface area is 116 Å². The molecule has 1 N–H and O–H groups in total. The molecule has 2 aromatic rings. The van der Waals surface area contributed by atoms with E-state index < -0.39 is 5.97 Å². The predicted molar refractivity (Wildman–Crippen MR) is 74.0 cm³/mol. The zero-order valence-electron chi connectivity index (χ0n) is 10.9. The Balaban J connectivity index is 2.41. The highest BCUT2D eigenvalue weighted by Crippen LogP contribution is 2.24. The Hall–Kier alpha value is -1.81. The fourth-order valence-corrected chi connectivity index (χ4v) is 2.34. The van der Waals surface area contributed by atoms with E-state index >= 15 is 0 Å². The summed E-state index contributed by atoms with van der Waals surface area (Å²) in [5, 5.41) is 13.9. The van der Waals surface area contributed by atoms with E-state index in [0.717, 1.165) is 22.6 Å². The Morgan fingerprint density at radius 2 is 2.05 bits per heavy atom. The highest BCUT2D eigenvalue weighted by molar-refractivity contribution is 6.32. The van der Waals surface area contributed by atoms with Gasteiger partial charge >= 0.3 is 5.97 Å². The van der Waals surface area contributed by atoms with Crippen LogP contribution in [0.25, 0.3) is 5.69 Å². The lowest BCUT2D eigenvalue weighted by molar-refractivity contribution is -0.136. The minimum Gasteiger partial charge on any atom is -0.481 e. The minimum absolute atomic E-state index is 0.107. The van der Waals surface area contributed by atoms with Crippen LogP contribution in [0.5, 0.6) is 0 Å². The maximum atomic E-state index is 10.7. The molecule has 1 aromatic carbocycles. The number of carboxylic acid groups (broad SMARTS) is 1. The average Bonchev–Trinajstić information content (AvgIpc) is 2.63. The van der Waals surface area contributed by atoms with Gasteiger partial charge < -0.3 is 5.11 Å². The second-order valence-corrected chi connectivity index (χ2v) is 4.81. The van der Waals surface area contributed by atoms with Gasteiger partial charge in [0.05, 0.1) is 16.4 Å². The molecule has 0 aliphatic rings. The number of rotatable bonds is 4. The zero-order chi connectivity index (χ0) is 14.0. The van der Waals surface area contributed by atoms with Crippen LogP contribution in [-0.4, -0.2) is 20.9 Å². The van der Waals surface area contributed by atoms with Crippen molar-refractivity contribution in [2.24, 2.45) is 0 Å². The van der Waals surface area contributed by atoms with Crippen molar-refractivity contribution in [1.29, 1.82) is 0 Å². The van der Waals surface area contributed by atoms with E-state index in [2.05, 4.69) is 5.10 Å². The molecule has 0 atom stereocenters. The molecule has 4 nitrogen and oxygen atoms in total. The summed E-state index contributed by atoms with van der Waals surface area (Å²) in [7, 11) is 0. The summed E-state index contributed by atoms with van der Waals surface area (Å²) in [5.74, 6) is -0.802. The summed E-state index contributed by atoms with van der Waals surface area (Å²) in [6.45, 7) is 3.82. The number of benzene rings is 1. The van der Waals surface area contributed by atoms with E-state index in [-0.39, 0.29) is 6.42 Å². The molecule has 2 rings (SSSR count). The second-order valence-electron chi connectivity index (χ2n) is 4.41. The molecule has 100 valence electrons. The van der Waals surface area contributed by atoms with Crippen molar-refractivity contribution < 1.29 is 9.90 Å². The van der Waals surface area contributed by atoms with Gasteiger partial charge in [-0.15, -0.1) is 0 Å². The number of halogens is 1. The molecule has 0 bridgehead atoms. The number of carboxylic acids is 1. The summed E-state index contributed by atoms with van der Waals surface area (Å²) in [5.41, 5.74) is 3.57. The molecular formula is C14H15ClN2O2. The molecule has 0 amide bonds. The molecule has 0 saturated carbocycles. The Morgan fingerprint density at radius 1 is 1.37 bits per heavy atom. The van der Waals surface area contributed by atoms with Gasteiger partial charge in [-0.25, -0.2) is 4.68 Å². The van der Waals surface area contributed by atoms with Crippen molar-refractivity contribution in [3.05, 3.63) is 46.2 Å². The van der Waals surface area contributed by atoms with E-state index in [1.165, 1.54) is 0 Å². The van der Waals surface area contributed by atoms with Gasteiger partial charge in [0.15, 0.2) is 0 Å². The number of para-hydroxylation sites is 1. The number of nitrogens with zero attached hydrogens (tertiary/aromatic N) is 2. The van der Waals surface area contributed by atoms with Crippen LogP contribution in [0.2, 0.25) is 5.02 Å². The third-order valence-electron chi connectivity index (χ3n) is 3.11. The van der Waals surface area contributed by atoms with E-state index in [1.807, 2.05) is 38.1 Å². The lowest BCUT2D eigenvalue weighted by atomic mass is 10.1. The van der Waals surface area contributed by atoms with Gasteiger partial charge in [0.2, 0.25) is 0 Å². The van der Waals surface area contributed by atoms with Gasteiger partial charge in [-0.3, -0.25) is 4.79 Å². The van der Waals surface area contributed by atoms with Gasteiger partial charge in [-0.05, 0) is 38.0 Å². The van der Waals surface area contributed by atoms with E-state index in [4.69, 9.17) is 16.7 Å². The second kappa shape index (κ2) is 5.45. The van der Waals surface area contributed by atoms with Crippen molar-refractivity contribution in [1.82, 2.24) is 9.78 Å². The van der Waals surface area contributed by atoms with E-state index in [9.17, 15) is 4.79 Å². The summed E-state index contributed by atoms with van der Waals surface area (Å²) in [6, 6.07) is 7.46. The molecular weight excluding hydrogens is 264 g/mol. The Morgan fingerprint density at radius 3 is 2.68 bits per heavy atom. The molecule has 0 saturated heterocycles. The maximum absolute atomic E-state index is 10.7. The highest BCUT2D eigenvalue weighted by Gasteiger charge is 2.15. The molecule has 1 heterocycles. The fraction of sp³-hybridized carbons (Fsp3) is 0.286. The van der Waals surface area contributed by atoms with Crippen LogP contribution in [0.15, 0.2) is 24.3 Å². The van der Waals surface area contributed by atoms with Crippen molar-refractivity contribution in [3.8, 4) is 5.69 Å². The first-order chi connectivity index (χ1) is 9.00. The normalized spacial score (nSPS) is 10.7. The van der Waals surface area contributed by atoms with Crippen LogP contribution >= 0.6 is 11.6 Å². The zero-order valence-corrected chi connectivity index (χ0v) is 11.6. The predicted octanol–water partition coefficient (Wildman–Crippen LogP) is 3.16. The van der Waals surface area contributed by atoms with Gasteiger partial charge in [-0.1, -0.05) is 23.7 Å². The number of carbonyl (C=O) groups is 1. The standard InChI is InChI=1S/C14H15ClN2O2/c1-9-11(7-8-14(18)19)10(2)17(16-9)13-6-4-3-5-12(13)15/h3-6H,7-8H2,1-2H3,(H,18,19). The fourth-order valence-electron chi connectivity index (χ4n) is 2.13. The third-order valence-corrected chi connectivity index (χ3v) is 3.43. The topological polar surface area (TPSA) is 55.1 Å². The van der Waals surface area contributed by atoms with Crippen LogP contribution < -0.4 is 0 Å².